The summed E-state index contributed by atoms with van der Waals surface area (Å²) in [5, 5.41) is 5.75. The lowest BCUT2D eigenvalue weighted by Crippen LogP contribution is -2.23. The largest absolute Gasteiger partial charge is 0.378 e. The summed E-state index contributed by atoms with van der Waals surface area (Å²) in [6.07, 6.45) is 3.15. The predicted octanol–water partition coefficient (Wildman–Crippen LogP) is 3.33. The molecule has 0 aliphatic rings. The van der Waals surface area contributed by atoms with Gasteiger partial charge in [0.05, 0.1) is 0 Å². The van der Waals surface area contributed by atoms with Gasteiger partial charge in [-0.2, -0.15) is 0 Å². The fraction of sp³-hybridized carbons (Fsp3) is 0.136. The molecule has 2 amide bonds. The molecule has 2 aromatic carbocycles. The zero-order valence-electron chi connectivity index (χ0n) is 15.8. The van der Waals surface area contributed by atoms with Crippen LogP contribution in [0.1, 0.15) is 26.3 Å². The third-order valence-electron chi connectivity index (χ3n) is 4.23. The van der Waals surface area contributed by atoms with Gasteiger partial charge in [0.1, 0.15) is 0 Å². The van der Waals surface area contributed by atoms with Crippen molar-refractivity contribution in [2.45, 2.75) is 6.54 Å². The standard InChI is InChI=1S/C22H22N4O2/c1-26(2)20-8-6-17(7-9-20)21(27)24-15-16-4-3-5-19(14-16)25-22(28)18-10-12-23-13-11-18/h3-14H,15H2,1-2H3,(H,24,27)(H,25,28). The zero-order valence-corrected chi connectivity index (χ0v) is 15.8. The minimum atomic E-state index is -0.204. The molecule has 6 nitrogen and oxygen atoms in total. The maximum Gasteiger partial charge on any atom is 0.255 e. The topological polar surface area (TPSA) is 74.3 Å². The van der Waals surface area contributed by atoms with E-state index in [1.807, 2.05) is 55.4 Å². The monoisotopic (exact) mass is 374 g/mol. The summed E-state index contributed by atoms with van der Waals surface area (Å²) in [6, 6.07) is 18.1. The highest BCUT2D eigenvalue weighted by Gasteiger charge is 2.08. The number of hydrogen-bond acceptors (Lipinski definition) is 4. The molecule has 3 rings (SSSR count). The van der Waals surface area contributed by atoms with Gasteiger partial charge >= 0.3 is 0 Å². The van der Waals surface area contributed by atoms with Crippen LogP contribution in [0.2, 0.25) is 0 Å². The van der Waals surface area contributed by atoms with E-state index >= 15 is 0 Å². The van der Waals surface area contributed by atoms with Gasteiger partial charge in [-0.3, -0.25) is 14.6 Å². The summed E-state index contributed by atoms with van der Waals surface area (Å²) in [7, 11) is 3.91. The maximum absolute atomic E-state index is 12.3. The van der Waals surface area contributed by atoms with Crippen molar-refractivity contribution in [3.8, 4) is 0 Å². The Morgan fingerprint density at radius 3 is 2.25 bits per heavy atom. The second-order valence-corrected chi connectivity index (χ2v) is 6.51. The molecule has 0 fully saturated rings. The highest BCUT2D eigenvalue weighted by molar-refractivity contribution is 6.04. The first kappa shape index (κ1) is 19.1. The number of benzene rings is 2. The summed E-state index contributed by atoms with van der Waals surface area (Å²) < 4.78 is 0. The summed E-state index contributed by atoms with van der Waals surface area (Å²) in [4.78, 5) is 30.5. The van der Waals surface area contributed by atoms with Crippen LogP contribution in [0.15, 0.2) is 73.1 Å². The van der Waals surface area contributed by atoms with Gasteiger partial charge in [-0.15, -0.1) is 0 Å². The molecule has 1 aromatic heterocycles. The highest BCUT2D eigenvalue weighted by atomic mass is 16.2. The molecule has 0 saturated carbocycles. The summed E-state index contributed by atoms with van der Waals surface area (Å²) >= 11 is 0. The van der Waals surface area contributed by atoms with Crippen molar-refractivity contribution in [1.82, 2.24) is 10.3 Å². The molecule has 1 heterocycles. The lowest BCUT2D eigenvalue weighted by atomic mass is 10.1. The quantitative estimate of drug-likeness (QED) is 0.694. The van der Waals surface area contributed by atoms with Gasteiger partial charge < -0.3 is 15.5 Å². The first-order valence-corrected chi connectivity index (χ1v) is 8.89. The average Bonchev–Trinajstić information content (AvgIpc) is 2.73. The van der Waals surface area contributed by atoms with E-state index in [-0.39, 0.29) is 11.8 Å². The molecule has 28 heavy (non-hydrogen) atoms. The maximum atomic E-state index is 12.3. The number of hydrogen-bond donors (Lipinski definition) is 2. The molecule has 0 spiro atoms. The van der Waals surface area contributed by atoms with E-state index in [1.165, 1.54) is 0 Å². The molecular formula is C22H22N4O2. The summed E-state index contributed by atoms with van der Waals surface area (Å²) in [5.41, 5.74) is 3.74. The number of aromatic nitrogens is 1. The van der Waals surface area contributed by atoms with Gasteiger partial charge in [0, 0.05) is 55.5 Å². The average molecular weight is 374 g/mol. The smallest absolute Gasteiger partial charge is 0.255 e. The lowest BCUT2D eigenvalue weighted by molar-refractivity contribution is 0.0950. The Labute approximate surface area is 164 Å². The van der Waals surface area contributed by atoms with E-state index in [4.69, 9.17) is 0 Å². The van der Waals surface area contributed by atoms with Gasteiger partial charge in [0.2, 0.25) is 0 Å². The van der Waals surface area contributed by atoms with Crippen molar-refractivity contribution >= 4 is 23.2 Å². The van der Waals surface area contributed by atoms with Crippen molar-refractivity contribution in [2.24, 2.45) is 0 Å². The van der Waals surface area contributed by atoms with Crippen LogP contribution in [0.5, 0.6) is 0 Å². The van der Waals surface area contributed by atoms with Gasteiger partial charge in [-0.25, -0.2) is 0 Å². The molecule has 0 radical (unpaired) electrons. The van der Waals surface area contributed by atoms with E-state index in [9.17, 15) is 9.59 Å². The molecule has 0 atom stereocenters. The van der Waals surface area contributed by atoms with Gasteiger partial charge in [-0.1, -0.05) is 12.1 Å². The van der Waals surface area contributed by atoms with Crippen LogP contribution in [0, 0.1) is 0 Å². The second kappa shape index (κ2) is 8.81. The van der Waals surface area contributed by atoms with Crippen LogP contribution in [0.3, 0.4) is 0 Å². The third-order valence-corrected chi connectivity index (χ3v) is 4.23. The van der Waals surface area contributed by atoms with E-state index < -0.39 is 0 Å². The van der Waals surface area contributed by atoms with Crippen molar-refractivity contribution in [3.63, 3.8) is 0 Å². The summed E-state index contributed by atoms with van der Waals surface area (Å²) in [6.45, 7) is 0.368. The molecule has 0 saturated heterocycles. The predicted molar refractivity (Wildman–Crippen MR) is 111 cm³/mol. The van der Waals surface area contributed by atoms with Crippen molar-refractivity contribution < 1.29 is 9.59 Å². The number of rotatable bonds is 6. The Balaban J connectivity index is 1.60. The van der Waals surface area contributed by atoms with E-state index in [0.717, 1.165) is 11.3 Å². The minimum absolute atomic E-state index is 0.142. The van der Waals surface area contributed by atoms with E-state index in [2.05, 4.69) is 15.6 Å². The molecule has 142 valence electrons. The van der Waals surface area contributed by atoms with Crippen molar-refractivity contribution in [3.05, 3.63) is 89.7 Å². The first-order chi connectivity index (χ1) is 13.5. The normalized spacial score (nSPS) is 10.2. The third kappa shape index (κ3) is 4.94. The fourth-order valence-corrected chi connectivity index (χ4v) is 2.66. The molecule has 0 aliphatic heterocycles. The number of amides is 2. The molecular weight excluding hydrogens is 352 g/mol. The molecule has 0 aliphatic carbocycles. The van der Waals surface area contributed by atoms with E-state index in [1.54, 1.807) is 36.7 Å². The van der Waals surface area contributed by atoms with Crippen LogP contribution in [-0.4, -0.2) is 30.9 Å². The lowest BCUT2D eigenvalue weighted by Gasteiger charge is -2.13. The number of anilines is 2. The second-order valence-electron chi connectivity index (χ2n) is 6.51. The van der Waals surface area contributed by atoms with Gasteiger partial charge in [0.15, 0.2) is 0 Å². The minimum Gasteiger partial charge on any atom is -0.378 e. The number of pyridine rings is 1. The number of carbonyl (C=O) groups excluding carboxylic acids is 2. The fourth-order valence-electron chi connectivity index (χ4n) is 2.66. The number of nitrogens with zero attached hydrogens (tertiary/aromatic N) is 2. The van der Waals surface area contributed by atoms with Crippen LogP contribution >= 0.6 is 0 Å². The van der Waals surface area contributed by atoms with Gasteiger partial charge in [-0.05, 0) is 54.1 Å². The molecule has 6 heteroatoms. The molecule has 3 aromatic rings. The highest BCUT2D eigenvalue weighted by Crippen LogP contribution is 2.14. The van der Waals surface area contributed by atoms with Crippen LogP contribution in [0.4, 0.5) is 11.4 Å². The van der Waals surface area contributed by atoms with Gasteiger partial charge in [0.25, 0.3) is 11.8 Å². The van der Waals surface area contributed by atoms with Crippen molar-refractivity contribution in [1.29, 1.82) is 0 Å². The Kier molecular flexibility index (Phi) is 6.01. The SMILES string of the molecule is CN(C)c1ccc(C(=O)NCc2cccc(NC(=O)c3ccncc3)c2)cc1. The van der Waals surface area contributed by atoms with E-state index in [0.29, 0.717) is 23.4 Å². The first-order valence-electron chi connectivity index (χ1n) is 8.89. The number of carbonyl (C=O) groups is 2. The molecule has 2 N–H and O–H groups in total. The number of nitrogens with one attached hydrogen (secondary N) is 2. The van der Waals surface area contributed by atoms with Crippen LogP contribution in [-0.2, 0) is 6.54 Å². The molecule has 0 bridgehead atoms. The molecule has 0 unspecified atom stereocenters. The Bertz CT molecular complexity index is 954. The Hall–Kier alpha value is -3.67. The Morgan fingerprint density at radius 1 is 0.893 bits per heavy atom. The van der Waals surface area contributed by atoms with Crippen molar-refractivity contribution in [2.75, 3.05) is 24.3 Å². The zero-order chi connectivity index (χ0) is 19.9. The van der Waals surface area contributed by atoms with Crippen LogP contribution in [0.25, 0.3) is 0 Å². The summed E-state index contributed by atoms with van der Waals surface area (Å²) in [5.74, 6) is -0.346. The van der Waals surface area contributed by atoms with Crippen LogP contribution < -0.4 is 15.5 Å². The Morgan fingerprint density at radius 2 is 1.57 bits per heavy atom.